The molecule has 6 nitrogen and oxygen atoms in total. The number of anilines is 1. The fourth-order valence-electron chi connectivity index (χ4n) is 3.05. The van der Waals surface area contributed by atoms with Crippen molar-refractivity contribution >= 4 is 23.4 Å². The van der Waals surface area contributed by atoms with E-state index >= 15 is 0 Å². The number of pyridine rings is 1. The molecule has 2 heterocycles. The zero-order valence-electron chi connectivity index (χ0n) is 16.1. The summed E-state index contributed by atoms with van der Waals surface area (Å²) in [4.78, 5) is 22.5. The molecule has 2 aromatic heterocycles. The summed E-state index contributed by atoms with van der Waals surface area (Å²) < 4.78 is 0. The number of rotatable bonds is 6. The maximum Gasteiger partial charge on any atom is 0.255 e. The lowest BCUT2D eigenvalue weighted by atomic mass is 10.1. The molecular formula is C23H19N5OS. The van der Waals surface area contributed by atoms with Gasteiger partial charge in [0.25, 0.3) is 5.91 Å². The van der Waals surface area contributed by atoms with Crippen molar-refractivity contribution in [1.29, 1.82) is 0 Å². The van der Waals surface area contributed by atoms with Crippen molar-refractivity contribution in [2.75, 3.05) is 5.32 Å². The zero-order valence-corrected chi connectivity index (χ0v) is 16.9. The summed E-state index contributed by atoms with van der Waals surface area (Å²) in [5.74, 6) is 2.05. The van der Waals surface area contributed by atoms with Crippen molar-refractivity contribution in [2.24, 2.45) is 0 Å². The van der Waals surface area contributed by atoms with Crippen molar-refractivity contribution in [3.05, 3.63) is 84.3 Å². The number of hydrogen-bond acceptors (Lipinski definition) is 5. The van der Waals surface area contributed by atoms with E-state index in [4.69, 9.17) is 0 Å². The molecule has 7 heteroatoms. The molecule has 2 N–H and O–H groups in total. The molecule has 4 aromatic rings. The Morgan fingerprint density at radius 1 is 1.00 bits per heavy atom. The van der Waals surface area contributed by atoms with Crippen molar-refractivity contribution in [3.63, 3.8) is 0 Å². The highest BCUT2D eigenvalue weighted by Crippen LogP contribution is 2.38. The first kappa shape index (κ1) is 18.6. The van der Waals surface area contributed by atoms with Crippen LogP contribution in [-0.2, 0) is 0 Å². The van der Waals surface area contributed by atoms with Gasteiger partial charge in [0.1, 0.15) is 10.9 Å². The van der Waals surface area contributed by atoms with E-state index in [0.29, 0.717) is 17.3 Å². The average molecular weight is 414 g/mol. The van der Waals surface area contributed by atoms with Gasteiger partial charge in [0.05, 0.1) is 0 Å². The molecule has 2 aromatic carbocycles. The van der Waals surface area contributed by atoms with E-state index in [2.05, 4.69) is 25.5 Å². The van der Waals surface area contributed by atoms with Gasteiger partial charge in [-0.25, -0.2) is 9.97 Å². The Kier molecular flexibility index (Phi) is 5.03. The van der Waals surface area contributed by atoms with Gasteiger partial charge in [-0.3, -0.25) is 9.89 Å². The Bertz CT molecular complexity index is 1150. The predicted octanol–water partition coefficient (Wildman–Crippen LogP) is 5.15. The van der Waals surface area contributed by atoms with Crippen LogP contribution in [0, 0.1) is 0 Å². The Balaban J connectivity index is 1.22. The maximum absolute atomic E-state index is 12.6. The first-order valence-corrected chi connectivity index (χ1v) is 10.6. The molecule has 1 fully saturated rings. The third-order valence-corrected chi connectivity index (χ3v) is 5.80. The highest BCUT2D eigenvalue weighted by molar-refractivity contribution is 7.99. The first-order chi connectivity index (χ1) is 14.7. The van der Waals surface area contributed by atoms with Crippen LogP contribution in [-0.4, -0.2) is 26.1 Å². The normalized spacial score (nSPS) is 13.2. The minimum atomic E-state index is -0.147. The summed E-state index contributed by atoms with van der Waals surface area (Å²) in [7, 11) is 0. The molecule has 0 aliphatic heterocycles. The summed E-state index contributed by atoms with van der Waals surface area (Å²) in [5.41, 5.74) is 2.26. The number of aromatic amines is 1. The molecule has 30 heavy (non-hydrogen) atoms. The van der Waals surface area contributed by atoms with Crippen molar-refractivity contribution < 1.29 is 4.79 Å². The second-order valence-electron chi connectivity index (χ2n) is 7.14. The van der Waals surface area contributed by atoms with E-state index in [-0.39, 0.29) is 5.91 Å². The summed E-state index contributed by atoms with van der Waals surface area (Å²) in [6.07, 6.45) is 4.13. The molecule has 0 radical (unpaired) electrons. The number of hydrogen-bond donors (Lipinski definition) is 2. The van der Waals surface area contributed by atoms with Crippen molar-refractivity contribution in [3.8, 4) is 11.4 Å². The van der Waals surface area contributed by atoms with Gasteiger partial charge < -0.3 is 5.32 Å². The van der Waals surface area contributed by atoms with Gasteiger partial charge in [-0.2, -0.15) is 5.10 Å². The Labute approximate surface area is 178 Å². The highest BCUT2D eigenvalue weighted by Gasteiger charge is 2.27. The van der Waals surface area contributed by atoms with E-state index < -0.39 is 0 Å². The number of aromatic nitrogens is 4. The molecule has 1 saturated carbocycles. The molecule has 0 saturated heterocycles. The number of H-pyrrole nitrogens is 1. The van der Waals surface area contributed by atoms with E-state index in [1.165, 1.54) is 12.8 Å². The van der Waals surface area contributed by atoms with Crippen LogP contribution in [0.2, 0.25) is 0 Å². The topological polar surface area (TPSA) is 83.6 Å². The average Bonchev–Trinajstić information content (AvgIpc) is 3.52. The standard InChI is InChI=1S/C23H19N5OS/c29-23(17-8-12-19(13-9-17)30-20-3-1-2-14-24-20)25-18-10-6-16(7-11-18)22-26-21(27-28-22)15-4-5-15/h1-3,6-15H,4-5H2,(H,25,29)(H,26,27,28). The van der Waals surface area contributed by atoms with Crippen LogP contribution in [0.5, 0.6) is 0 Å². The fraction of sp³-hybridized carbons (Fsp3) is 0.130. The third kappa shape index (κ3) is 4.26. The van der Waals surface area contributed by atoms with E-state index in [1.54, 1.807) is 18.0 Å². The molecular weight excluding hydrogens is 394 g/mol. The third-order valence-electron chi connectivity index (χ3n) is 4.84. The van der Waals surface area contributed by atoms with Crippen molar-refractivity contribution in [2.45, 2.75) is 28.7 Å². The number of carbonyl (C=O) groups is 1. The SMILES string of the molecule is O=C(Nc1ccc(-c2n[nH]c(C3CC3)n2)cc1)c1ccc(Sc2ccccn2)cc1. The van der Waals surface area contributed by atoms with Crippen LogP contribution in [0.25, 0.3) is 11.4 Å². The highest BCUT2D eigenvalue weighted by atomic mass is 32.2. The Morgan fingerprint density at radius 3 is 2.50 bits per heavy atom. The van der Waals surface area contributed by atoms with E-state index in [9.17, 15) is 4.79 Å². The lowest BCUT2D eigenvalue weighted by Gasteiger charge is -2.07. The van der Waals surface area contributed by atoms with E-state index in [0.717, 1.165) is 27.0 Å². The molecule has 148 valence electrons. The maximum atomic E-state index is 12.6. The van der Waals surface area contributed by atoms with Crippen LogP contribution in [0.3, 0.4) is 0 Å². The fourth-order valence-corrected chi connectivity index (χ4v) is 3.83. The summed E-state index contributed by atoms with van der Waals surface area (Å²) >= 11 is 1.56. The molecule has 1 aliphatic rings. The smallest absolute Gasteiger partial charge is 0.255 e. The van der Waals surface area contributed by atoms with Crippen LogP contribution in [0.15, 0.2) is 82.8 Å². The summed E-state index contributed by atoms with van der Waals surface area (Å²) in [5, 5.41) is 11.2. The van der Waals surface area contributed by atoms with Crippen molar-refractivity contribution in [1.82, 2.24) is 20.2 Å². The van der Waals surface area contributed by atoms with Crippen LogP contribution in [0.4, 0.5) is 5.69 Å². The van der Waals surface area contributed by atoms with Crippen LogP contribution >= 0.6 is 11.8 Å². The number of nitrogens with zero attached hydrogens (tertiary/aromatic N) is 3. The minimum Gasteiger partial charge on any atom is -0.322 e. The largest absolute Gasteiger partial charge is 0.322 e. The number of benzene rings is 2. The second-order valence-corrected chi connectivity index (χ2v) is 8.24. The molecule has 0 bridgehead atoms. The molecule has 0 spiro atoms. The van der Waals surface area contributed by atoms with Gasteiger partial charge in [0.2, 0.25) is 0 Å². The molecule has 0 atom stereocenters. The first-order valence-electron chi connectivity index (χ1n) is 9.78. The van der Waals surface area contributed by atoms with Gasteiger partial charge >= 0.3 is 0 Å². The molecule has 1 amide bonds. The summed E-state index contributed by atoms with van der Waals surface area (Å²) in [6, 6.07) is 20.9. The van der Waals surface area contributed by atoms with Gasteiger partial charge in [-0.05, 0) is 73.5 Å². The lowest BCUT2D eigenvalue weighted by Crippen LogP contribution is -2.11. The van der Waals surface area contributed by atoms with Gasteiger partial charge in [-0.15, -0.1) is 0 Å². The molecule has 1 aliphatic carbocycles. The summed E-state index contributed by atoms with van der Waals surface area (Å²) in [6.45, 7) is 0. The lowest BCUT2D eigenvalue weighted by molar-refractivity contribution is 0.102. The molecule has 5 rings (SSSR count). The molecule has 0 unspecified atom stereocenters. The zero-order chi connectivity index (χ0) is 20.3. The number of nitrogens with one attached hydrogen (secondary N) is 2. The second kappa shape index (κ2) is 8.12. The predicted molar refractivity (Wildman–Crippen MR) is 117 cm³/mol. The number of carbonyl (C=O) groups excluding carboxylic acids is 1. The van der Waals surface area contributed by atoms with Crippen LogP contribution < -0.4 is 5.32 Å². The van der Waals surface area contributed by atoms with Gasteiger partial charge in [-0.1, -0.05) is 17.8 Å². The Morgan fingerprint density at radius 2 is 1.80 bits per heavy atom. The quantitative estimate of drug-likeness (QED) is 0.457. The minimum absolute atomic E-state index is 0.147. The Hall–Kier alpha value is -3.45. The van der Waals surface area contributed by atoms with E-state index in [1.807, 2.05) is 66.7 Å². The monoisotopic (exact) mass is 413 g/mol. The number of amides is 1. The van der Waals surface area contributed by atoms with Gasteiger partial charge in [0.15, 0.2) is 5.82 Å². The van der Waals surface area contributed by atoms with Crippen LogP contribution in [0.1, 0.15) is 34.9 Å². The van der Waals surface area contributed by atoms with Gasteiger partial charge in [0, 0.05) is 33.8 Å².